The van der Waals surface area contributed by atoms with Crippen molar-refractivity contribution in [2.45, 2.75) is 13.3 Å². The Morgan fingerprint density at radius 1 is 1.43 bits per heavy atom. The van der Waals surface area contributed by atoms with Crippen LogP contribution >= 0.6 is 0 Å². The number of benzene rings is 1. The highest BCUT2D eigenvalue weighted by molar-refractivity contribution is 6.03. The van der Waals surface area contributed by atoms with Gasteiger partial charge in [-0.05, 0) is 24.1 Å². The summed E-state index contributed by atoms with van der Waals surface area (Å²) in [6.07, 6.45) is 0.692. The van der Waals surface area contributed by atoms with Gasteiger partial charge in [-0.2, -0.15) is 0 Å². The summed E-state index contributed by atoms with van der Waals surface area (Å²) in [6.45, 7) is 2.30. The molecule has 0 saturated carbocycles. The quantitative estimate of drug-likeness (QED) is 0.360. The summed E-state index contributed by atoms with van der Waals surface area (Å²) in [7, 11) is 2.70. The van der Waals surface area contributed by atoms with Crippen LogP contribution in [0.5, 0.6) is 0 Å². The van der Waals surface area contributed by atoms with Crippen LogP contribution in [0.25, 0.3) is 0 Å². The van der Waals surface area contributed by atoms with Gasteiger partial charge in [0.25, 0.3) is 5.69 Å². The Hall–Kier alpha value is -2.28. The second kappa shape index (κ2) is 7.49. The molecule has 0 aliphatic heterocycles. The molecule has 0 fully saturated rings. The minimum absolute atomic E-state index is 0.137. The van der Waals surface area contributed by atoms with Crippen molar-refractivity contribution in [1.29, 1.82) is 5.41 Å². The number of carbonyl (C=O) groups excluding carboxylic acids is 1. The average Bonchev–Trinajstić information content (AvgIpc) is 2.50. The summed E-state index contributed by atoms with van der Waals surface area (Å²) in [6, 6.07) is 4.01. The third-order valence-corrected chi connectivity index (χ3v) is 3.18. The van der Waals surface area contributed by atoms with Crippen LogP contribution in [-0.2, 0) is 9.47 Å². The number of carbonyl (C=O) groups is 1. The SMILES string of the molecule is CC[C@@H](COC)C(=N)c1ccc([N+](=O)[O-])c(C(=O)OC)c1. The molecule has 0 aliphatic carbocycles. The van der Waals surface area contributed by atoms with Crippen molar-refractivity contribution < 1.29 is 19.2 Å². The van der Waals surface area contributed by atoms with Crippen LogP contribution in [0.2, 0.25) is 0 Å². The highest BCUT2D eigenvalue weighted by Crippen LogP contribution is 2.23. The lowest BCUT2D eigenvalue weighted by atomic mass is 9.93. The number of ether oxygens (including phenoxy) is 2. The molecule has 21 heavy (non-hydrogen) atoms. The van der Waals surface area contributed by atoms with E-state index in [0.29, 0.717) is 18.6 Å². The normalized spacial score (nSPS) is 11.8. The summed E-state index contributed by atoms with van der Waals surface area (Å²) < 4.78 is 9.62. The van der Waals surface area contributed by atoms with E-state index in [1.165, 1.54) is 18.2 Å². The number of nitro groups is 1. The van der Waals surface area contributed by atoms with Gasteiger partial charge in [0.1, 0.15) is 5.56 Å². The van der Waals surface area contributed by atoms with Gasteiger partial charge in [-0.1, -0.05) is 6.92 Å². The molecular weight excluding hydrogens is 276 g/mol. The lowest BCUT2D eigenvalue weighted by Gasteiger charge is -2.16. The van der Waals surface area contributed by atoms with Crippen LogP contribution in [-0.4, -0.2) is 37.4 Å². The zero-order valence-electron chi connectivity index (χ0n) is 12.2. The van der Waals surface area contributed by atoms with E-state index >= 15 is 0 Å². The molecule has 1 atom stereocenters. The maximum atomic E-state index is 11.7. The van der Waals surface area contributed by atoms with Crippen LogP contribution in [0.4, 0.5) is 5.69 Å². The number of hydrogen-bond donors (Lipinski definition) is 1. The van der Waals surface area contributed by atoms with Crippen molar-refractivity contribution in [2.24, 2.45) is 5.92 Å². The first-order valence-corrected chi connectivity index (χ1v) is 6.40. The molecule has 0 amide bonds. The van der Waals surface area contributed by atoms with Gasteiger partial charge in [0, 0.05) is 24.8 Å². The Morgan fingerprint density at radius 2 is 2.10 bits per heavy atom. The van der Waals surface area contributed by atoms with E-state index in [-0.39, 0.29) is 22.9 Å². The maximum Gasteiger partial charge on any atom is 0.344 e. The van der Waals surface area contributed by atoms with Crippen molar-refractivity contribution in [3.8, 4) is 0 Å². The Bertz CT molecular complexity index is 556. The monoisotopic (exact) mass is 294 g/mol. The Balaban J connectivity index is 3.24. The number of rotatable bonds is 7. The van der Waals surface area contributed by atoms with E-state index < -0.39 is 10.9 Å². The fourth-order valence-corrected chi connectivity index (χ4v) is 1.98. The van der Waals surface area contributed by atoms with Gasteiger partial charge in [-0.25, -0.2) is 4.79 Å². The molecule has 7 nitrogen and oxygen atoms in total. The largest absolute Gasteiger partial charge is 0.465 e. The van der Waals surface area contributed by atoms with Crippen molar-refractivity contribution >= 4 is 17.4 Å². The number of nitrogens with zero attached hydrogens (tertiary/aromatic N) is 1. The fourth-order valence-electron chi connectivity index (χ4n) is 1.98. The fraction of sp³-hybridized carbons (Fsp3) is 0.429. The smallest absolute Gasteiger partial charge is 0.344 e. The second-order valence-electron chi connectivity index (χ2n) is 4.45. The van der Waals surface area contributed by atoms with E-state index in [1.807, 2.05) is 6.92 Å². The first-order chi connectivity index (χ1) is 9.96. The van der Waals surface area contributed by atoms with E-state index in [4.69, 9.17) is 10.1 Å². The van der Waals surface area contributed by atoms with Gasteiger partial charge in [0.15, 0.2) is 0 Å². The molecule has 0 saturated heterocycles. The summed E-state index contributed by atoms with van der Waals surface area (Å²) in [5.74, 6) is -0.932. The Morgan fingerprint density at radius 3 is 2.57 bits per heavy atom. The molecular formula is C14H18N2O5. The molecule has 114 valence electrons. The van der Waals surface area contributed by atoms with Gasteiger partial charge in [0.05, 0.1) is 18.6 Å². The molecule has 1 aromatic carbocycles. The highest BCUT2D eigenvalue weighted by atomic mass is 16.6. The van der Waals surface area contributed by atoms with Crippen molar-refractivity contribution in [2.75, 3.05) is 20.8 Å². The van der Waals surface area contributed by atoms with Crippen LogP contribution in [0, 0.1) is 21.4 Å². The Kier molecular flexibility index (Phi) is 5.98. The molecule has 1 aromatic rings. The van der Waals surface area contributed by atoms with Crippen LogP contribution < -0.4 is 0 Å². The number of esters is 1. The Labute approximate surface area is 122 Å². The molecule has 0 aromatic heterocycles. The number of nitro benzene ring substituents is 1. The molecule has 0 unspecified atom stereocenters. The summed E-state index contributed by atoms with van der Waals surface area (Å²) in [5, 5.41) is 19.1. The molecule has 1 N–H and O–H groups in total. The topological polar surface area (TPSA) is 103 Å². The van der Waals surface area contributed by atoms with Gasteiger partial charge in [0.2, 0.25) is 0 Å². The highest BCUT2D eigenvalue weighted by Gasteiger charge is 2.23. The van der Waals surface area contributed by atoms with Crippen molar-refractivity contribution in [1.82, 2.24) is 0 Å². The van der Waals surface area contributed by atoms with E-state index in [9.17, 15) is 14.9 Å². The molecule has 0 heterocycles. The van der Waals surface area contributed by atoms with E-state index in [1.54, 1.807) is 7.11 Å². The first kappa shape index (κ1) is 16.8. The lowest BCUT2D eigenvalue weighted by Crippen LogP contribution is -2.20. The zero-order valence-corrected chi connectivity index (χ0v) is 12.2. The molecule has 7 heteroatoms. The van der Waals surface area contributed by atoms with Gasteiger partial charge in [-0.3, -0.25) is 10.1 Å². The van der Waals surface area contributed by atoms with E-state index in [2.05, 4.69) is 4.74 Å². The molecule has 0 radical (unpaired) electrons. The summed E-state index contributed by atoms with van der Waals surface area (Å²) in [4.78, 5) is 22.0. The van der Waals surface area contributed by atoms with Crippen LogP contribution in [0.15, 0.2) is 18.2 Å². The minimum Gasteiger partial charge on any atom is -0.465 e. The third-order valence-electron chi connectivity index (χ3n) is 3.18. The van der Waals surface area contributed by atoms with Crippen LogP contribution in [0.1, 0.15) is 29.3 Å². The van der Waals surface area contributed by atoms with Gasteiger partial charge in [-0.15, -0.1) is 0 Å². The van der Waals surface area contributed by atoms with Crippen LogP contribution in [0.3, 0.4) is 0 Å². The maximum absolute atomic E-state index is 11.7. The third kappa shape index (κ3) is 3.85. The number of nitrogens with one attached hydrogen (secondary N) is 1. The predicted octanol–water partition coefficient (Wildman–Crippen LogP) is 2.42. The second-order valence-corrected chi connectivity index (χ2v) is 4.45. The summed E-state index contributed by atoms with van der Waals surface area (Å²) in [5.41, 5.74) is 0.236. The van der Waals surface area contributed by atoms with Gasteiger partial charge >= 0.3 is 5.97 Å². The number of hydrogen-bond acceptors (Lipinski definition) is 6. The minimum atomic E-state index is -0.795. The van der Waals surface area contributed by atoms with Crippen molar-refractivity contribution in [3.05, 3.63) is 39.4 Å². The first-order valence-electron chi connectivity index (χ1n) is 6.40. The predicted molar refractivity (Wildman–Crippen MR) is 76.9 cm³/mol. The summed E-state index contributed by atoms with van der Waals surface area (Å²) >= 11 is 0. The number of methoxy groups -OCH3 is 2. The van der Waals surface area contributed by atoms with E-state index in [0.717, 1.165) is 7.11 Å². The molecule has 0 bridgehead atoms. The molecule has 0 spiro atoms. The lowest BCUT2D eigenvalue weighted by molar-refractivity contribution is -0.385. The van der Waals surface area contributed by atoms with Gasteiger partial charge < -0.3 is 14.9 Å². The zero-order chi connectivity index (χ0) is 16.0. The average molecular weight is 294 g/mol. The standard InChI is InChI=1S/C14H18N2O5/c1-4-9(8-20-2)13(15)10-5-6-12(16(18)19)11(7-10)14(17)21-3/h5-7,9,15H,4,8H2,1-3H3/t9-/m0/s1. The molecule has 0 aliphatic rings. The molecule has 1 rings (SSSR count). The van der Waals surface area contributed by atoms with Crippen molar-refractivity contribution in [3.63, 3.8) is 0 Å².